The number of hydrogen-bond acceptors (Lipinski definition) is 4. The minimum atomic E-state index is -3.59. The Labute approximate surface area is 104 Å². The lowest BCUT2D eigenvalue weighted by Crippen LogP contribution is -2.50. The molecule has 7 heteroatoms. The van der Waals surface area contributed by atoms with Gasteiger partial charge in [-0.2, -0.15) is 0 Å². The van der Waals surface area contributed by atoms with Crippen LogP contribution in [0, 0.1) is 0 Å². The number of hydrogen-bond donors (Lipinski definition) is 2. The van der Waals surface area contributed by atoms with Crippen LogP contribution in [0.2, 0.25) is 0 Å². The summed E-state index contributed by atoms with van der Waals surface area (Å²) in [7, 11) is -3.59. The number of carboxylic acids is 1. The van der Waals surface area contributed by atoms with Crippen LogP contribution < -0.4 is 4.72 Å². The van der Waals surface area contributed by atoms with E-state index in [-0.39, 0.29) is 14.6 Å². The molecule has 1 fully saturated rings. The van der Waals surface area contributed by atoms with Crippen molar-refractivity contribution in [1.29, 1.82) is 0 Å². The van der Waals surface area contributed by atoms with E-state index in [0.29, 0.717) is 0 Å². The molecule has 0 amide bonds. The van der Waals surface area contributed by atoms with E-state index in [0.717, 1.165) is 30.6 Å². The van der Waals surface area contributed by atoms with Crippen molar-refractivity contribution in [2.45, 2.75) is 35.9 Å². The molecule has 1 heterocycles. The molecule has 0 atom stereocenters. The molecule has 0 saturated heterocycles. The highest BCUT2D eigenvalue weighted by Gasteiger charge is 2.36. The van der Waals surface area contributed by atoms with Gasteiger partial charge in [0.25, 0.3) is 10.0 Å². The van der Waals surface area contributed by atoms with Crippen LogP contribution in [0.15, 0.2) is 16.3 Å². The van der Waals surface area contributed by atoms with E-state index in [2.05, 4.69) is 4.72 Å². The first-order valence-corrected chi connectivity index (χ1v) is 7.50. The first-order chi connectivity index (χ1) is 7.82. The fourth-order valence-corrected chi connectivity index (χ4v) is 4.37. The average molecular weight is 275 g/mol. The molecule has 1 aliphatic rings. The molecule has 0 unspecified atom stereocenters. The van der Waals surface area contributed by atoms with Gasteiger partial charge < -0.3 is 5.11 Å². The highest BCUT2D eigenvalue weighted by molar-refractivity contribution is 7.91. The minimum Gasteiger partial charge on any atom is -0.477 e. The summed E-state index contributed by atoms with van der Waals surface area (Å²) in [4.78, 5) is 10.7. The molecule has 94 valence electrons. The van der Waals surface area contributed by atoms with E-state index in [9.17, 15) is 13.2 Å². The number of aromatic carboxylic acids is 1. The Kier molecular flexibility index (Phi) is 3.01. The zero-order valence-electron chi connectivity index (χ0n) is 9.26. The van der Waals surface area contributed by atoms with Crippen LogP contribution in [0.5, 0.6) is 0 Å². The van der Waals surface area contributed by atoms with E-state index >= 15 is 0 Å². The summed E-state index contributed by atoms with van der Waals surface area (Å²) in [6, 6.07) is 2.64. The topological polar surface area (TPSA) is 83.5 Å². The molecule has 1 aromatic rings. The summed E-state index contributed by atoms with van der Waals surface area (Å²) in [5.41, 5.74) is -0.369. The van der Waals surface area contributed by atoms with Gasteiger partial charge in [-0.15, -0.1) is 11.3 Å². The highest BCUT2D eigenvalue weighted by atomic mass is 32.2. The zero-order chi connectivity index (χ0) is 12.7. The lowest BCUT2D eigenvalue weighted by Gasteiger charge is -2.38. The fourth-order valence-electron chi connectivity index (χ4n) is 1.76. The van der Waals surface area contributed by atoms with E-state index < -0.39 is 16.0 Å². The van der Waals surface area contributed by atoms with Crippen LogP contribution >= 0.6 is 11.3 Å². The summed E-state index contributed by atoms with van der Waals surface area (Å²) in [6.07, 6.45) is 2.66. The predicted octanol–water partition coefficient (Wildman–Crippen LogP) is 1.67. The maximum Gasteiger partial charge on any atom is 0.345 e. The molecular formula is C10H13NO4S2. The normalized spacial score (nSPS) is 18.6. The summed E-state index contributed by atoms with van der Waals surface area (Å²) in [5.74, 6) is -1.11. The van der Waals surface area contributed by atoms with Crippen molar-refractivity contribution >= 4 is 27.3 Å². The number of carbonyl (C=O) groups is 1. The average Bonchev–Trinajstić information content (AvgIpc) is 2.63. The van der Waals surface area contributed by atoms with Gasteiger partial charge in [-0.05, 0) is 38.3 Å². The van der Waals surface area contributed by atoms with Crippen molar-refractivity contribution in [1.82, 2.24) is 4.72 Å². The zero-order valence-corrected chi connectivity index (χ0v) is 10.9. The number of rotatable bonds is 4. The van der Waals surface area contributed by atoms with Gasteiger partial charge in [0.05, 0.1) is 0 Å². The largest absolute Gasteiger partial charge is 0.477 e. The highest BCUT2D eigenvalue weighted by Crippen LogP contribution is 2.33. The van der Waals surface area contributed by atoms with Crippen LogP contribution in [0.4, 0.5) is 0 Å². The third-order valence-electron chi connectivity index (χ3n) is 2.89. The summed E-state index contributed by atoms with van der Waals surface area (Å²) in [5, 5.41) is 8.75. The van der Waals surface area contributed by atoms with Gasteiger partial charge >= 0.3 is 5.97 Å². The Morgan fingerprint density at radius 3 is 2.53 bits per heavy atom. The molecule has 0 bridgehead atoms. The summed E-state index contributed by atoms with van der Waals surface area (Å²) in [6.45, 7) is 1.86. The van der Waals surface area contributed by atoms with Crippen molar-refractivity contribution < 1.29 is 18.3 Å². The minimum absolute atomic E-state index is 0.0316. The summed E-state index contributed by atoms with van der Waals surface area (Å²) >= 11 is 0.773. The Morgan fingerprint density at radius 1 is 1.47 bits per heavy atom. The van der Waals surface area contributed by atoms with Crippen molar-refractivity contribution in [2.24, 2.45) is 0 Å². The van der Waals surface area contributed by atoms with Crippen molar-refractivity contribution in [3.8, 4) is 0 Å². The lowest BCUT2D eigenvalue weighted by atomic mass is 9.80. The number of nitrogens with one attached hydrogen (secondary N) is 1. The molecule has 1 saturated carbocycles. The van der Waals surface area contributed by atoms with Gasteiger partial charge in [-0.1, -0.05) is 0 Å². The maximum absolute atomic E-state index is 12.0. The second-order valence-corrected chi connectivity index (χ2v) is 7.44. The number of sulfonamides is 1. The standard InChI is InChI=1S/C10H13NO4S2/c1-10(5-2-6-10)11-17(14,15)8-4-3-7(16-8)9(12)13/h3-4,11H,2,5-6H2,1H3,(H,12,13). The number of carboxylic acid groups (broad SMARTS) is 1. The third-order valence-corrected chi connectivity index (χ3v) is 6.10. The molecule has 1 aromatic heterocycles. The smallest absolute Gasteiger partial charge is 0.345 e. The van der Waals surface area contributed by atoms with Gasteiger partial charge in [0.2, 0.25) is 0 Å². The van der Waals surface area contributed by atoms with Gasteiger partial charge in [-0.3, -0.25) is 0 Å². The van der Waals surface area contributed by atoms with Gasteiger partial charge in [-0.25, -0.2) is 17.9 Å². The van der Waals surface area contributed by atoms with Crippen molar-refractivity contribution in [3.05, 3.63) is 17.0 Å². The van der Waals surface area contributed by atoms with Crippen LogP contribution in [0.3, 0.4) is 0 Å². The lowest BCUT2D eigenvalue weighted by molar-refractivity contribution is 0.0702. The molecule has 0 radical (unpaired) electrons. The maximum atomic E-state index is 12.0. The molecule has 17 heavy (non-hydrogen) atoms. The molecule has 0 spiro atoms. The van der Waals surface area contributed by atoms with Gasteiger partial charge in [0.15, 0.2) is 0 Å². The van der Waals surface area contributed by atoms with Gasteiger partial charge in [0, 0.05) is 5.54 Å². The number of thiophene rings is 1. The summed E-state index contributed by atoms with van der Waals surface area (Å²) < 4.78 is 26.7. The fraction of sp³-hybridized carbons (Fsp3) is 0.500. The van der Waals surface area contributed by atoms with E-state index in [1.807, 2.05) is 6.92 Å². The Balaban J connectivity index is 2.22. The second kappa shape index (κ2) is 4.08. The molecule has 2 N–H and O–H groups in total. The molecule has 0 aromatic carbocycles. The van der Waals surface area contributed by atoms with E-state index in [1.54, 1.807) is 0 Å². The van der Waals surface area contributed by atoms with Crippen LogP contribution in [-0.2, 0) is 10.0 Å². The molecular weight excluding hydrogens is 262 g/mol. The molecule has 2 rings (SSSR count). The Morgan fingerprint density at radius 2 is 2.12 bits per heavy atom. The van der Waals surface area contributed by atoms with Crippen LogP contribution in [-0.4, -0.2) is 25.0 Å². The molecule has 1 aliphatic carbocycles. The monoisotopic (exact) mass is 275 g/mol. The SMILES string of the molecule is CC1(NS(=O)(=O)c2ccc(C(=O)O)s2)CCC1. The molecule has 0 aliphatic heterocycles. The first-order valence-electron chi connectivity index (χ1n) is 5.20. The second-order valence-electron chi connectivity index (χ2n) is 4.44. The van der Waals surface area contributed by atoms with E-state index in [4.69, 9.17) is 5.11 Å². The first kappa shape index (κ1) is 12.5. The van der Waals surface area contributed by atoms with Crippen LogP contribution in [0.25, 0.3) is 0 Å². The predicted molar refractivity (Wildman–Crippen MR) is 63.9 cm³/mol. The third kappa shape index (κ3) is 2.51. The van der Waals surface area contributed by atoms with Crippen LogP contribution in [0.1, 0.15) is 35.9 Å². The van der Waals surface area contributed by atoms with Crippen molar-refractivity contribution in [3.63, 3.8) is 0 Å². The van der Waals surface area contributed by atoms with Crippen molar-refractivity contribution in [2.75, 3.05) is 0 Å². The quantitative estimate of drug-likeness (QED) is 0.875. The Bertz CT molecular complexity index is 542. The Hall–Kier alpha value is -0.920. The molecule has 5 nitrogen and oxygen atoms in total. The van der Waals surface area contributed by atoms with Gasteiger partial charge in [0.1, 0.15) is 9.09 Å². The van der Waals surface area contributed by atoms with E-state index in [1.165, 1.54) is 12.1 Å².